The molecule has 1 fully saturated rings. The van der Waals surface area contributed by atoms with Gasteiger partial charge in [0.2, 0.25) is 5.91 Å². The first-order valence-electron chi connectivity index (χ1n) is 6.20. The van der Waals surface area contributed by atoms with Crippen LogP contribution < -0.4 is 5.73 Å². The number of hydrogen-bond acceptors (Lipinski definition) is 3. The summed E-state index contributed by atoms with van der Waals surface area (Å²) in [6.07, 6.45) is 2.21. The van der Waals surface area contributed by atoms with Gasteiger partial charge in [-0.15, -0.1) is 11.3 Å². The fourth-order valence-corrected chi connectivity index (χ4v) is 3.25. The Bertz CT molecular complexity index is 375. The highest BCUT2D eigenvalue weighted by atomic mass is 32.1. The van der Waals surface area contributed by atoms with Crippen molar-refractivity contribution in [2.24, 2.45) is 11.7 Å². The van der Waals surface area contributed by atoms with Gasteiger partial charge in [0.15, 0.2) is 0 Å². The van der Waals surface area contributed by atoms with Crippen molar-refractivity contribution in [2.45, 2.75) is 38.8 Å². The highest BCUT2D eigenvalue weighted by Gasteiger charge is 2.33. The number of rotatable bonds is 3. The number of carbonyl (C=O) groups is 1. The van der Waals surface area contributed by atoms with Gasteiger partial charge >= 0.3 is 0 Å². The van der Waals surface area contributed by atoms with Crippen LogP contribution in [0.25, 0.3) is 0 Å². The van der Waals surface area contributed by atoms with Crippen molar-refractivity contribution in [1.82, 2.24) is 4.90 Å². The quantitative estimate of drug-likeness (QED) is 0.898. The molecule has 0 spiro atoms. The van der Waals surface area contributed by atoms with Gasteiger partial charge in [-0.1, -0.05) is 19.9 Å². The first-order valence-corrected chi connectivity index (χ1v) is 7.08. The summed E-state index contributed by atoms with van der Waals surface area (Å²) in [4.78, 5) is 15.3. The third-order valence-electron chi connectivity index (χ3n) is 3.47. The number of thiophene rings is 1. The van der Waals surface area contributed by atoms with E-state index in [2.05, 4.69) is 13.8 Å². The monoisotopic (exact) mass is 252 g/mol. The van der Waals surface area contributed by atoms with Crippen molar-refractivity contribution < 1.29 is 4.79 Å². The summed E-state index contributed by atoms with van der Waals surface area (Å²) in [6, 6.07) is 3.77. The summed E-state index contributed by atoms with van der Waals surface area (Å²) in [5, 5.41) is 1.96. The maximum Gasteiger partial charge on any atom is 0.245 e. The minimum atomic E-state index is -0.477. The lowest BCUT2D eigenvalue weighted by Crippen LogP contribution is -2.43. The molecule has 0 radical (unpaired) electrons. The van der Waals surface area contributed by atoms with E-state index < -0.39 is 6.04 Å². The Morgan fingerprint density at radius 2 is 2.35 bits per heavy atom. The van der Waals surface area contributed by atoms with Gasteiger partial charge in [0.1, 0.15) is 6.04 Å². The van der Waals surface area contributed by atoms with Crippen LogP contribution in [0, 0.1) is 5.92 Å². The van der Waals surface area contributed by atoms with Crippen LogP contribution in [-0.2, 0) is 4.79 Å². The Balaban J connectivity index is 2.09. The van der Waals surface area contributed by atoms with Crippen LogP contribution in [0.2, 0.25) is 0 Å². The molecule has 0 bridgehead atoms. The predicted molar refractivity (Wildman–Crippen MR) is 70.8 cm³/mol. The average Bonchev–Trinajstić information content (AvgIpc) is 2.97. The summed E-state index contributed by atoms with van der Waals surface area (Å²) < 4.78 is 0. The molecule has 1 aromatic heterocycles. The first kappa shape index (κ1) is 12.6. The summed E-state index contributed by atoms with van der Waals surface area (Å²) in [6.45, 7) is 5.21. The second-order valence-electron chi connectivity index (χ2n) is 4.98. The molecule has 17 heavy (non-hydrogen) atoms. The molecule has 1 aliphatic rings. The summed E-state index contributed by atoms with van der Waals surface area (Å²) in [5.74, 6) is 0.598. The van der Waals surface area contributed by atoms with Crippen molar-refractivity contribution in [3.8, 4) is 0 Å². The lowest BCUT2D eigenvalue weighted by molar-refractivity contribution is -0.134. The molecular formula is C13H20N2OS. The minimum Gasteiger partial charge on any atom is -0.338 e. The highest BCUT2D eigenvalue weighted by molar-refractivity contribution is 7.10. The van der Waals surface area contributed by atoms with Crippen LogP contribution in [-0.4, -0.2) is 23.4 Å². The number of amides is 1. The summed E-state index contributed by atoms with van der Waals surface area (Å²) in [7, 11) is 0. The van der Waals surface area contributed by atoms with Crippen LogP contribution in [0.3, 0.4) is 0 Å². The van der Waals surface area contributed by atoms with Gasteiger partial charge in [0.25, 0.3) is 0 Å². The van der Waals surface area contributed by atoms with Crippen molar-refractivity contribution >= 4 is 17.2 Å². The molecule has 2 rings (SSSR count). The number of nitrogens with zero attached hydrogens (tertiary/aromatic N) is 1. The molecule has 1 saturated heterocycles. The standard InChI is InChI=1S/C13H20N2OS/c1-9(2)10-5-3-7-15(10)13(16)12(14)11-6-4-8-17-11/h4,6,8-10,12H,3,5,7,14H2,1-2H3. The Morgan fingerprint density at radius 1 is 1.59 bits per heavy atom. The molecule has 1 aliphatic heterocycles. The Kier molecular flexibility index (Phi) is 3.84. The van der Waals surface area contributed by atoms with Crippen LogP contribution in [0.4, 0.5) is 0 Å². The molecule has 0 saturated carbocycles. The van der Waals surface area contributed by atoms with Gasteiger partial charge in [-0.25, -0.2) is 0 Å². The fraction of sp³-hybridized carbons (Fsp3) is 0.615. The van der Waals surface area contributed by atoms with E-state index in [0.29, 0.717) is 12.0 Å². The Labute approximate surface area is 107 Å². The van der Waals surface area contributed by atoms with Gasteiger partial charge < -0.3 is 10.6 Å². The molecule has 4 heteroatoms. The molecule has 2 heterocycles. The SMILES string of the molecule is CC(C)C1CCCN1C(=O)C(N)c1cccs1. The van der Waals surface area contributed by atoms with Gasteiger partial charge in [-0.05, 0) is 30.2 Å². The topological polar surface area (TPSA) is 46.3 Å². The van der Waals surface area contributed by atoms with E-state index in [9.17, 15) is 4.79 Å². The van der Waals surface area contributed by atoms with E-state index in [1.54, 1.807) is 11.3 Å². The number of hydrogen-bond donors (Lipinski definition) is 1. The van der Waals surface area contributed by atoms with E-state index in [4.69, 9.17) is 5.73 Å². The molecule has 1 aromatic rings. The van der Waals surface area contributed by atoms with Gasteiger partial charge in [-0.2, -0.15) is 0 Å². The molecule has 0 aromatic carbocycles. The molecule has 2 unspecified atom stereocenters. The minimum absolute atomic E-state index is 0.0867. The van der Waals surface area contributed by atoms with E-state index in [1.807, 2.05) is 22.4 Å². The molecule has 94 valence electrons. The van der Waals surface area contributed by atoms with Crippen molar-refractivity contribution in [1.29, 1.82) is 0 Å². The zero-order valence-electron chi connectivity index (χ0n) is 10.4. The molecule has 0 aliphatic carbocycles. The van der Waals surface area contributed by atoms with E-state index in [0.717, 1.165) is 24.3 Å². The first-order chi connectivity index (χ1) is 8.11. The predicted octanol–water partition coefficient (Wildman–Crippen LogP) is 2.39. The number of nitrogens with two attached hydrogens (primary N) is 1. The van der Waals surface area contributed by atoms with Crippen molar-refractivity contribution in [3.63, 3.8) is 0 Å². The van der Waals surface area contributed by atoms with Crippen molar-refractivity contribution in [3.05, 3.63) is 22.4 Å². The summed E-state index contributed by atoms with van der Waals surface area (Å²) >= 11 is 1.56. The van der Waals surface area contributed by atoms with Crippen LogP contribution in [0.1, 0.15) is 37.6 Å². The highest BCUT2D eigenvalue weighted by Crippen LogP contribution is 2.27. The second-order valence-corrected chi connectivity index (χ2v) is 5.96. The molecule has 2 N–H and O–H groups in total. The zero-order valence-corrected chi connectivity index (χ0v) is 11.2. The fourth-order valence-electron chi connectivity index (χ4n) is 2.53. The molecular weight excluding hydrogens is 232 g/mol. The third-order valence-corrected chi connectivity index (χ3v) is 4.42. The maximum absolute atomic E-state index is 12.4. The molecule has 2 atom stereocenters. The third kappa shape index (κ3) is 2.53. The molecule has 1 amide bonds. The largest absolute Gasteiger partial charge is 0.338 e. The summed E-state index contributed by atoms with van der Waals surface area (Å²) in [5.41, 5.74) is 6.04. The Morgan fingerprint density at radius 3 is 2.94 bits per heavy atom. The lowest BCUT2D eigenvalue weighted by atomic mass is 10.0. The van der Waals surface area contributed by atoms with Crippen LogP contribution in [0.5, 0.6) is 0 Å². The maximum atomic E-state index is 12.4. The lowest BCUT2D eigenvalue weighted by Gasteiger charge is -2.29. The second kappa shape index (κ2) is 5.19. The van der Waals surface area contributed by atoms with Crippen molar-refractivity contribution in [2.75, 3.05) is 6.54 Å². The van der Waals surface area contributed by atoms with Gasteiger partial charge in [-0.3, -0.25) is 4.79 Å². The average molecular weight is 252 g/mol. The smallest absolute Gasteiger partial charge is 0.245 e. The number of carbonyl (C=O) groups excluding carboxylic acids is 1. The number of likely N-dealkylation sites (tertiary alicyclic amines) is 1. The van der Waals surface area contributed by atoms with Gasteiger partial charge in [0, 0.05) is 17.5 Å². The molecule has 3 nitrogen and oxygen atoms in total. The van der Waals surface area contributed by atoms with Crippen LogP contribution >= 0.6 is 11.3 Å². The van der Waals surface area contributed by atoms with E-state index in [1.165, 1.54) is 0 Å². The van der Waals surface area contributed by atoms with Gasteiger partial charge in [0.05, 0.1) is 0 Å². The van der Waals surface area contributed by atoms with E-state index in [-0.39, 0.29) is 5.91 Å². The Hall–Kier alpha value is -0.870. The zero-order chi connectivity index (χ0) is 12.4. The van der Waals surface area contributed by atoms with Crippen LogP contribution in [0.15, 0.2) is 17.5 Å². The van der Waals surface area contributed by atoms with E-state index >= 15 is 0 Å². The normalized spacial score (nSPS) is 22.1.